The summed E-state index contributed by atoms with van der Waals surface area (Å²) in [6.07, 6.45) is 6.12. The molecule has 0 aromatic carbocycles. The van der Waals surface area contributed by atoms with Crippen LogP contribution >= 0.6 is 0 Å². The standard InChI is InChI=1S/C19H23F2N3O/c1-11-9-19(2,3)15-7-5-6-12(8-13(11)15)22-18(25)14-10-24(4)23-16(14)17(20)21/h5-7,10-11,17H,8-9H2,1-4H3,(H,22,25). The van der Waals surface area contributed by atoms with Gasteiger partial charge in [0.05, 0.1) is 5.56 Å². The van der Waals surface area contributed by atoms with Crippen molar-refractivity contribution in [3.8, 4) is 0 Å². The molecule has 1 heterocycles. The van der Waals surface area contributed by atoms with Gasteiger partial charge >= 0.3 is 0 Å². The second-order valence-corrected chi connectivity index (χ2v) is 7.51. The third kappa shape index (κ3) is 3.30. The van der Waals surface area contributed by atoms with Crippen LogP contribution in [0.3, 0.4) is 0 Å². The van der Waals surface area contributed by atoms with E-state index in [2.05, 4.69) is 37.3 Å². The number of aromatic nitrogens is 2. The average Bonchev–Trinajstić information content (AvgIpc) is 2.88. The molecular weight excluding hydrogens is 324 g/mol. The minimum atomic E-state index is -2.78. The Morgan fingerprint density at radius 3 is 2.84 bits per heavy atom. The highest BCUT2D eigenvalue weighted by Crippen LogP contribution is 2.48. The van der Waals surface area contributed by atoms with Crippen molar-refractivity contribution >= 4 is 5.91 Å². The molecule has 0 saturated heterocycles. The topological polar surface area (TPSA) is 46.9 Å². The number of carbonyl (C=O) groups excluding carboxylic acids is 1. The molecule has 0 fully saturated rings. The van der Waals surface area contributed by atoms with Crippen molar-refractivity contribution in [1.82, 2.24) is 15.1 Å². The van der Waals surface area contributed by atoms with Crippen LogP contribution in [-0.2, 0) is 7.05 Å². The molecule has 1 amide bonds. The Morgan fingerprint density at radius 2 is 2.16 bits per heavy atom. The molecule has 0 saturated carbocycles. The monoisotopic (exact) mass is 347 g/mol. The zero-order valence-electron chi connectivity index (χ0n) is 14.9. The first kappa shape index (κ1) is 17.6. The van der Waals surface area contributed by atoms with E-state index in [1.807, 2.05) is 12.2 Å². The van der Waals surface area contributed by atoms with Crippen molar-refractivity contribution in [1.29, 1.82) is 0 Å². The van der Waals surface area contributed by atoms with Crippen LogP contribution in [0.25, 0.3) is 0 Å². The van der Waals surface area contributed by atoms with E-state index in [0.717, 1.165) is 12.1 Å². The summed E-state index contributed by atoms with van der Waals surface area (Å²) in [6.45, 7) is 6.65. The van der Waals surface area contributed by atoms with Gasteiger partial charge in [-0.1, -0.05) is 38.5 Å². The zero-order chi connectivity index (χ0) is 18.4. The molecule has 0 spiro atoms. The molecule has 2 aliphatic rings. The highest BCUT2D eigenvalue weighted by atomic mass is 19.3. The summed E-state index contributed by atoms with van der Waals surface area (Å²) in [7, 11) is 1.52. The lowest BCUT2D eigenvalue weighted by Gasteiger charge is -2.20. The van der Waals surface area contributed by atoms with Gasteiger partial charge in [-0.25, -0.2) is 8.78 Å². The average molecular weight is 347 g/mol. The lowest BCUT2D eigenvalue weighted by atomic mass is 9.84. The molecule has 0 aliphatic heterocycles. The molecule has 1 aromatic rings. The number of nitrogens with zero attached hydrogens (tertiary/aromatic N) is 2. The molecule has 134 valence electrons. The van der Waals surface area contributed by atoms with Gasteiger partial charge in [-0.2, -0.15) is 5.10 Å². The van der Waals surface area contributed by atoms with Crippen molar-refractivity contribution in [2.45, 2.75) is 40.0 Å². The maximum Gasteiger partial charge on any atom is 0.282 e. The van der Waals surface area contributed by atoms with Crippen molar-refractivity contribution in [2.75, 3.05) is 0 Å². The van der Waals surface area contributed by atoms with Crippen molar-refractivity contribution < 1.29 is 13.6 Å². The van der Waals surface area contributed by atoms with Crippen LogP contribution in [0.1, 0.15) is 56.1 Å². The number of alkyl halides is 2. The summed E-state index contributed by atoms with van der Waals surface area (Å²) < 4.78 is 27.4. The molecule has 6 heteroatoms. The molecule has 3 rings (SSSR count). The maximum absolute atomic E-state index is 13.1. The normalized spacial score (nSPS) is 22.0. The van der Waals surface area contributed by atoms with Crippen LogP contribution in [0, 0.1) is 11.3 Å². The Kier molecular flexibility index (Phi) is 4.39. The fourth-order valence-corrected chi connectivity index (χ4v) is 3.97. The van der Waals surface area contributed by atoms with E-state index in [9.17, 15) is 13.6 Å². The van der Waals surface area contributed by atoms with E-state index in [1.165, 1.54) is 29.1 Å². The first-order valence-corrected chi connectivity index (χ1v) is 8.43. The summed E-state index contributed by atoms with van der Waals surface area (Å²) in [5, 5.41) is 6.48. The van der Waals surface area contributed by atoms with Crippen LogP contribution in [-0.4, -0.2) is 15.7 Å². The Balaban J connectivity index is 1.82. The van der Waals surface area contributed by atoms with Crippen molar-refractivity contribution in [3.05, 3.63) is 52.5 Å². The van der Waals surface area contributed by atoms with Gasteiger partial charge in [-0.3, -0.25) is 9.48 Å². The molecule has 2 aliphatic carbocycles. The summed E-state index contributed by atoms with van der Waals surface area (Å²) in [6, 6.07) is 0. The molecule has 1 unspecified atom stereocenters. The number of aryl methyl sites for hydroxylation is 1. The van der Waals surface area contributed by atoms with Crippen LogP contribution in [0.5, 0.6) is 0 Å². The number of hydrogen-bond donors (Lipinski definition) is 1. The third-order valence-corrected chi connectivity index (χ3v) is 5.01. The maximum atomic E-state index is 13.1. The molecule has 1 aromatic heterocycles. The molecule has 4 nitrogen and oxygen atoms in total. The third-order valence-electron chi connectivity index (χ3n) is 5.01. The summed E-state index contributed by atoms with van der Waals surface area (Å²) in [5.74, 6) is -0.111. The van der Waals surface area contributed by atoms with E-state index in [1.54, 1.807) is 0 Å². The van der Waals surface area contributed by atoms with E-state index in [-0.39, 0.29) is 11.0 Å². The van der Waals surface area contributed by atoms with E-state index in [4.69, 9.17) is 0 Å². The van der Waals surface area contributed by atoms with Gasteiger partial charge < -0.3 is 5.32 Å². The van der Waals surface area contributed by atoms with Crippen LogP contribution in [0.4, 0.5) is 8.78 Å². The summed E-state index contributed by atoms with van der Waals surface area (Å²) in [4.78, 5) is 12.5. The van der Waals surface area contributed by atoms with Crippen LogP contribution < -0.4 is 5.32 Å². The zero-order valence-corrected chi connectivity index (χ0v) is 14.9. The predicted octanol–water partition coefficient (Wildman–Crippen LogP) is 4.29. The number of allylic oxidation sites excluding steroid dienone is 5. The number of nitrogens with one attached hydrogen (secondary N) is 1. The number of amides is 1. The number of rotatable bonds is 3. The van der Waals surface area contributed by atoms with Crippen LogP contribution in [0.15, 0.2) is 41.3 Å². The first-order valence-electron chi connectivity index (χ1n) is 8.43. The molecular formula is C19H23F2N3O. The Hall–Kier alpha value is -2.24. The van der Waals surface area contributed by atoms with Gasteiger partial charge in [-0.05, 0) is 29.4 Å². The minimum Gasteiger partial charge on any atom is -0.325 e. The van der Waals surface area contributed by atoms with Gasteiger partial charge in [0, 0.05) is 25.4 Å². The molecule has 1 N–H and O–H groups in total. The minimum absolute atomic E-state index is 0.0828. The van der Waals surface area contributed by atoms with Gasteiger partial charge in [0.25, 0.3) is 12.3 Å². The van der Waals surface area contributed by atoms with Crippen molar-refractivity contribution in [3.63, 3.8) is 0 Å². The lowest BCUT2D eigenvalue weighted by molar-refractivity contribution is 0.0950. The summed E-state index contributed by atoms with van der Waals surface area (Å²) in [5.41, 5.74) is 2.89. The van der Waals surface area contributed by atoms with Crippen LogP contribution in [0.2, 0.25) is 0 Å². The van der Waals surface area contributed by atoms with E-state index >= 15 is 0 Å². The SMILES string of the molecule is CC1CC(C)(C)C2=C1CC(NC(=O)c1cn(C)nc1C(F)F)=CC=C2. The Bertz CT molecular complexity index is 800. The second-order valence-electron chi connectivity index (χ2n) is 7.51. The van der Waals surface area contributed by atoms with Gasteiger partial charge in [0.2, 0.25) is 0 Å². The fraction of sp³-hybridized carbons (Fsp3) is 0.474. The molecule has 0 radical (unpaired) electrons. The molecule has 25 heavy (non-hydrogen) atoms. The highest BCUT2D eigenvalue weighted by Gasteiger charge is 2.36. The lowest BCUT2D eigenvalue weighted by Crippen LogP contribution is -2.24. The fourth-order valence-electron chi connectivity index (χ4n) is 3.97. The van der Waals surface area contributed by atoms with E-state index in [0.29, 0.717) is 12.3 Å². The predicted molar refractivity (Wildman–Crippen MR) is 92.1 cm³/mol. The Labute approximate surface area is 146 Å². The van der Waals surface area contributed by atoms with Crippen molar-refractivity contribution in [2.24, 2.45) is 18.4 Å². The number of hydrogen-bond acceptors (Lipinski definition) is 2. The number of carbonyl (C=O) groups is 1. The quantitative estimate of drug-likeness (QED) is 0.886. The van der Waals surface area contributed by atoms with E-state index < -0.39 is 18.0 Å². The number of halogens is 2. The largest absolute Gasteiger partial charge is 0.325 e. The first-order chi connectivity index (χ1) is 11.7. The second kappa shape index (κ2) is 6.24. The van der Waals surface area contributed by atoms with Gasteiger partial charge in [0.1, 0.15) is 5.69 Å². The summed E-state index contributed by atoms with van der Waals surface area (Å²) >= 11 is 0. The highest BCUT2D eigenvalue weighted by molar-refractivity contribution is 5.96. The van der Waals surface area contributed by atoms with Gasteiger partial charge in [0.15, 0.2) is 0 Å². The molecule has 1 atom stereocenters. The molecule has 0 bridgehead atoms. The smallest absolute Gasteiger partial charge is 0.282 e. The Morgan fingerprint density at radius 1 is 1.44 bits per heavy atom. The van der Waals surface area contributed by atoms with Gasteiger partial charge in [-0.15, -0.1) is 0 Å².